The predicted octanol–water partition coefficient (Wildman–Crippen LogP) is 1.66. The maximum Gasteiger partial charge on any atom is 0.329 e. The van der Waals surface area contributed by atoms with Gasteiger partial charge < -0.3 is 5.53 Å². The molecule has 0 fully saturated rings. The number of sulfone groups is 1. The number of nitrogens with zero attached hydrogens (tertiary/aromatic N) is 2. The van der Waals surface area contributed by atoms with Crippen LogP contribution in [0, 0.1) is 0 Å². The van der Waals surface area contributed by atoms with Gasteiger partial charge in [-0.2, -0.15) is 4.79 Å². The highest BCUT2D eigenvalue weighted by atomic mass is 32.2. The lowest BCUT2D eigenvalue weighted by molar-refractivity contribution is -0.00289. The van der Waals surface area contributed by atoms with Crippen LogP contribution < -0.4 is 0 Å². The summed E-state index contributed by atoms with van der Waals surface area (Å²) in [5.74, 6) is 0. The van der Waals surface area contributed by atoms with Crippen LogP contribution in [0.4, 0.5) is 0 Å². The van der Waals surface area contributed by atoms with Crippen molar-refractivity contribution in [2.24, 2.45) is 0 Å². The summed E-state index contributed by atoms with van der Waals surface area (Å²) in [5.41, 5.74) is 10.7. The third kappa shape index (κ3) is 1.86. The van der Waals surface area contributed by atoms with E-state index in [1.54, 1.807) is 24.3 Å². The summed E-state index contributed by atoms with van der Waals surface area (Å²) < 4.78 is 23.4. The number of hydrogen-bond donors (Lipinski definition) is 0. The van der Waals surface area contributed by atoms with Crippen molar-refractivity contribution < 1.29 is 13.2 Å². The lowest BCUT2D eigenvalue weighted by Gasteiger charge is -2.14. The summed E-state index contributed by atoms with van der Waals surface area (Å²) in [7, 11) is -3.34. The normalized spacial score (nSPS) is 15.0. The summed E-state index contributed by atoms with van der Waals surface area (Å²) >= 11 is 0. The van der Waals surface area contributed by atoms with Gasteiger partial charge in [0, 0.05) is 11.8 Å². The van der Waals surface area contributed by atoms with Crippen LogP contribution in [0.25, 0.3) is 10.4 Å². The molecule has 0 radical (unpaired) electrons. The Morgan fingerprint density at radius 1 is 1.24 bits per heavy atom. The predicted molar refractivity (Wildman–Crippen MR) is 66.1 cm³/mol. The van der Waals surface area contributed by atoms with Crippen molar-refractivity contribution >= 4 is 20.5 Å². The van der Waals surface area contributed by atoms with Crippen LogP contribution in [-0.4, -0.2) is 25.2 Å². The van der Waals surface area contributed by atoms with Gasteiger partial charge in [-0.25, -0.2) is 8.42 Å². The van der Waals surface area contributed by atoms with Crippen molar-refractivity contribution in [3.63, 3.8) is 0 Å². The fourth-order valence-corrected chi connectivity index (χ4v) is 2.74. The molecule has 0 saturated heterocycles. The summed E-state index contributed by atoms with van der Waals surface area (Å²) in [4.78, 5) is 3.36. The molecule has 0 bridgehead atoms. The number of rotatable bonds is 1. The summed E-state index contributed by atoms with van der Waals surface area (Å²) in [6.45, 7) is 3.70. The molecule has 0 heterocycles. The van der Waals surface area contributed by atoms with Crippen molar-refractivity contribution in [1.82, 2.24) is 0 Å². The minimum absolute atomic E-state index is 0.200. The van der Waals surface area contributed by atoms with Gasteiger partial charge >= 0.3 is 5.71 Å². The molecule has 1 aromatic carbocycles. The molecular weight excluding hydrogens is 236 g/mol. The summed E-state index contributed by atoms with van der Waals surface area (Å²) in [6, 6.07) is 6.87. The largest absolute Gasteiger partial charge is 0.361 e. The van der Waals surface area contributed by atoms with E-state index in [-0.39, 0.29) is 4.91 Å². The first kappa shape index (κ1) is 11.5. The topological polar surface area (TPSA) is 70.5 Å². The Morgan fingerprint density at radius 2 is 1.82 bits per heavy atom. The fourth-order valence-electron chi connectivity index (χ4n) is 1.81. The van der Waals surface area contributed by atoms with Crippen LogP contribution in [-0.2, 0) is 9.84 Å². The summed E-state index contributed by atoms with van der Waals surface area (Å²) in [6.07, 6.45) is 2.57. The Morgan fingerprint density at radius 3 is 2.35 bits per heavy atom. The lowest BCUT2D eigenvalue weighted by Crippen LogP contribution is -2.15. The zero-order valence-corrected chi connectivity index (χ0v) is 10.0. The van der Waals surface area contributed by atoms with Gasteiger partial charge in [0.1, 0.15) is 0 Å². The van der Waals surface area contributed by atoms with E-state index in [0.29, 0.717) is 22.4 Å². The maximum atomic E-state index is 11.7. The van der Waals surface area contributed by atoms with Gasteiger partial charge in [-0.1, -0.05) is 24.8 Å². The zero-order valence-electron chi connectivity index (χ0n) is 9.21. The number of allylic oxidation sites excluding steroid dienone is 2. The maximum absolute atomic E-state index is 11.7. The van der Waals surface area contributed by atoms with E-state index in [9.17, 15) is 8.42 Å². The van der Waals surface area contributed by atoms with E-state index in [1.165, 1.54) is 6.08 Å². The Labute approximate surface area is 99.4 Å². The van der Waals surface area contributed by atoms with Crippen LogP contribution in [0.15, 0.2) is 42.5 Å². The molecule has 1 aliphatic carbocycles. The molecule has 5 heteroatoms. The molecule has 0 unspecified atom stereocenters. The van der Waals surface area contributed by atoms with Gasteiger partial charge in [0.25, 0.3) is 0 Å². The van der Waals surface area contributed by atoms with Crippen LogP contribution >= 0.6 is 0 Å². The highest BCUT2D eigenvalue weighted by Gasteiger charge is 2.29. The van der Waals surface area contributed by atoms with E-state index < -0.39 is 9.84 Å². The second-order valence-electron chi connectivity index (χ2n) is 3.80. The van der Waals surface area contributed by atoms with E-state index in [0.717, 1.165) is 6.26 Å². The van der Waals surface area contributed by atoms with Gasteiger partial charge in [-0.3, -0.25) is 0 Å². The van der Waals surface area contributed by atoms with E-state index >= 15 is 0 Å². The molecule has 1 aliphatic rings. The van der Waals surface area contributed by atoms with Crippen LogP contribution in [0.1, 0.15) is 11.1 Å². The third-order valence-electron chi connectivity index (χ3n) is 2.56. The molecule has 86 valence electrons. The molecule has 0 spiro atoms. The van der Waals surface area contributed by atoms with Crippen LogP contribution in [0.2, 0.25) is 0 Å². The Bertz CT molecular complexity index is 693. The molecule has 0 N–H and O–H groups in total. The Kier molecular flexibility index (Phi) is 2.58. The van der Waals surface area contributed by atoms with Crippen molar-refractivity contribution in [2.45, 2.75) is 0 Å². The summed E-state index contributed by atoms with van der Waals surface area (Å²) in [5, 5.41) is 0. The van der Waals surface area contributed by atoms with Crippen LogP contribution in [0.5, 0.6) is 0 Å². The minimum atomic E-state index is -3.34. The Balaban J connectivity index is 2.85. The fraction of sp³-hybridized carbons (Fsp3) is 0.0833. The van der Waals surface area contributed by atoms with Gasteiger partial charge in [-0.05, 0) is 12.1 Å². The van der Waals surface area contributed by atoms with Gasteiger partial charge in [0.2, 0.25) is 0 Å². The third-order valence-corrected chi connectivity index (χ3v) is 3.69. The first-order valence-corrected chi connectivity index (χ1v) is 6.77. The first-order valence-electron chi connectivity index (χ1n) is 4.88. The van der Waals surface area contributed by atoms with Gasteiger partial charge in [0.15, 0.2) is 9.84 Å². The molecule has 17 heavy (non-hydrogen) atoms. The van der Waals surface area contributed by atoms with Crippen LogP contribution in [0.3, 0.4) is 0 Å². The van der Waals surface area contributed by atoms with Crippen molar-refractivity contribution in [1.29, 1.82) is 0 Å². The lowest BCUT2D eigenvalue weighted by atomic mass is 9.92. The molecular formula is C12H10N2O2S. The minimum Gasteiger partial charge on any atom is -0.361 e. The highest BCUT2D eigenvalue weighted by Crippen LogP contribution is 2.31. The second-order valence-corrected chi connectivity index (χ2v) is 5.78. The quantitative estimate of drug-likeness (QED) is 0.558. The molecule has 0 aromatic heterocycles. The standard InChI is InChI=1S/C12H10N2O2S/c1-8-7-11(17(2,15)16)9-5-3-4-6-10(9)12(8)14-13/h3-7H,1H2,2H3. The van der Waals surface area contributed by atoms with E-state index in [1.807, 2.05) is 0 Å². The molecule has 2 rings (SSSR count). The smallest absolute Gasteiger partial charge is 0.329 e. The van der Waals surface area contributed by atoms with E-state index in [2.05, 4.69) is 11.4 Å². The average Bonchev–Trinajstić information content (AvgIpc) is 2.27. The number of benzene rings is 1. The highest BCUT2D eigenvalue weighted by molar-refractivity contribution is 8.00. The first-order chi connectivity index (χ1) is 7.95. The molecule has 0 saturated carbocycles. The second kappa shape index (κ2) is 3.80. The van der Waals surface area contributed by atoms with Gasteiger partial charge in [0.05, 0.1) is 16.0 Å². The SMILES string of the molecule is C=C1C=C(S(C)(=O)=O)c2ccccc2C1=[N+]=[N-]. The molecule has 1 aromatic rings. The average molecular weight is 246 g/mol. The zero-order chi connectivity index (χ0) is 12.6. The van der Waals surface area contributed by atoms with Crippen molar-refractivity contribution in [3.05, 3.63) is 59.2 Å². The molecule has 0 amide bonds. The van der Waals surface area contributed by atoms with Crippen molar-refractivity contribution in [2.75, 3.05) is 6.26 Å². The molecule has 0 aliphatic heterocycles. The van der Waals surface area contributed by atoms with Crippen molar-refractivity contribution in [3.8, 4) is 0 Å². The monoisotopic (exact) mass is 246 g/mol. The Hall–Kier alpha value is -1.97. The van der Waals surface area contributed by atoms with E-state index in [4.69, 9.17) is 5.53 Å². The van der Waals surface area contributed by atoms with Gasteiger partial charge in [-0.15, -0.1) is 0 Å². The molecule has 4 nitrogen and oxygen atoms in total. The molecule has 0 atom stereocenters. The number of fused-ring (bicyclic) bond motifs is 1. The number of hydrogen-bond acceptors (Lipinski definition) is 2.